The zero-order valence-corrected chi connectivity index (χ0v) is 20.5. The Bertz CT molecular complexity index is 1270. The lowest BCUT2D eigenvalue weighted by Crippen LogP contribution is -2.25. The van der Waals surface area contributed by atoms with E-state index in [4.69, 9.17) is 14.2 Å². The van der Waals surface area contributed by atoms with Crippen molar-refractivity contribution < 1.29 is 19.0 Å². The second-order valence-electron chi connectivity index (χ2n) is 8.14. The minimum atomic E-state index is -0.107. The molecule has 1 amide bonds. The average Bonchev–Trinajstić information content (AvgIpc) is 3.45. The third kappa shape index (κ3) is 6.63. The topological polar surface area (TPSA) is 87.5 Å². The molecule has 4 rings (SSSR count). The van der Waals surface area contributed by atoms with Gasteiger partial charge in [0.05, 0.1) is 32.8 Å². The molecule has 2 aromatic heterocycles. The summed E-state index contributed by atoms with van der Waals surface area (Å²) < 4.78 is 18.5. The lowest BCUT2D eigenvalue weighted by molar-refractivity contribution is 0.0952. The van der Waals surface area contributed by atoms with Crippen molar-refractivity contribution in [1.82, 2.24) is 19.9 Å². The van der Waals surface area contributed by atoms with Gasteiger partial charge in [0.1, 0.15) is 0 Å². The quantitative estimate of drug-likeness (QED) is 0.299. The van der Waals surface area contributed by atoms with Gasteiger partial charge in [-0.3, -0.25) is 4.79 Å². The number of pyridine rings is 1. The van der Waals surface area contributed by atoms with Crippen molar-refractivity contribution in [3.63, 3.8) is 0 Å². The summed E-state index contributed by atoms with van der Waals surface area (Å²) in [7, 11) is 3.24. The van der Waals surface area contributed by atoms with E-state index in [1.54, 1.807) is 32.8 Å². The van der Waals surface area contributed by atoms with Crippen LogP contribution in [0.15, 0.2) is 79.4 Å². The molecule has 186 valence electrons. The van der Waals surface area contributed by atoms with Crippen LogP contribution in [-0.2, 0) is 13.0 Å². The highest BCUT2D eigenvalue weighted by Crippen LogP contribution is 2.28. The third-order valence-corrected chi connectivity index (χ3v) is 5.67. The first-order valence-corrected chi connectivity index (χ1v) is 11.8. The maximum atomic E-state index is 12.6. The molecule has 8 nitrogen and oxygen atoms in total. The van der Waals surface area contributed by atoms with E-state index in [9.17, 15) is 4.79 Å². The van der Waals surface area contributed by atoms with Crippen LogP contribution in [0, 0.1) is 0 Å². The number of imidazole rings is 1. The Labute approximate surface area is 210 Å². The lowest BCUT2D eigenvalue weighted by Gasteiger charge is -2.11. The van der Waals surface area contributed by atoms with Gasteiger partial charge < -0.3 is 24.1 Å². The van der Waals surface area contributed by atoms with Crippen LogP contribution in [0.2, 0.25) is 0 Å². The van der Waals surface area contributed by atoms with Gasteiger partial charge in [0, 0.05) is 49.1 Å². The molecule has 0 radical (unpaired) electrons. The number of hydrogen-bond donors (Lipinski definition) is 1. The van der Waals surface area contributed by atoms with Gasteiger partial charge in [-0.15, -0.1) is 0 Å². The summed E-state index contributed by atoms with van der Waals surface area (Å²) in [4.78, 5) is 21.3. The summed E-state index contributed by atoms with van der Waals surface area (Å²) in [5.41, 5.74) is 3.27. The minimum absolute atomic E-state index is 0.107. The molecule has 2 heterocycles. The Morgan fingerprint density at radius 2 is 1.86 bits per heavy atom. The maximum Gasteiger partial charge on any atom is 0.251 e. The van der Waals surface area contributed by atoms with E-state index in [2.05, 4.69) is 15.3 Å². The molecule has 0 fully saturated rings. The van der Waals surface area contributed by atoms with Crippen LogP contribution in [-0.4, -0.2) is 47.8 Å². The van der Waals surface area contributed by atoms with E-state index in [1.807, 2.05) is 65.4 Å². The van der Waals surface area contributed by atoms with Gasteiger partial charge in [0.25, 0.3) is 5.91 Å². The molecule has 8 heteroatoms. The number of nitrogens with one attached hydrogen (secondary N) is 1. The minimum Gasteiger partial charge on any atom is -0.493 e. The third-order valence-electron chi connectivity index (χ3n) is 5.67. The van der Waals surface area contributed by atoms with E-state index < -0.39 is 0 Å². The summed E-state index contributed by atoms with van der Waals surface area (Å²) in [6, 6.07) is 18.9. The standard InChI is InChI=1S/C28H30N4O4/c1-34-25-11-10-21(18-26(25)35-2)12-17-36-27-9-4-8-24(31-27)22-6-3-7-23(19-22)28(33)30-13-5-15-32-16-14-29-20-32/h3-4,6-11,14,16,18-20H,5,12-13,15,17H2,1-2H3,(H,30,33). The fraction of sp³-hybridized carbons (Fsp3) is 0.250. The molecule has 36 heavy (non-hydrogen) atoms. The summed E-state index contributed by atoms with van der Waals surface area (Å²) in [6.45, 7) is 1.86. The van der Waals surface area contributed by atoms with Gasteiger partial charge in [-0.25, -0.2) is 9.97 Å². The van der Waals surface area contributed by atoms with E-state index in [1.165, 1.54) is 0 Å². The Kier molecular flexibility index (Phi) is 8.53. The number of aromatic nitrogens is 3. The smallest absolute Gasteiger partial charge is 0.251 e. The zero-order chi connectivity index (χ0) is 25.2. The Morgan fingerprint density at radius 3 is 2.67 bits per heavy atom. The van der Waals surface area contributed by atoms with Crippen LogP contribution >= 0.6 is 0 Å². The van der Waals surface area contributed by atoms with Crippen molar-refractivity contribution in [2.75, 3.05) is 27.4 Å². The molecule has 0 atom stereocenters. The molecule has 0 aliphatic carbocycles. The first kappa shape index (κ1) is 24.8. The predicted molar refractivity (Wildman–Crippen MR) is 138 cm³/mol. The van der Waals surface area contributed by atoms with Gasteiger partial charge >= 0.3 is 0 Å². The molecule has 0 saturated heterocycles. The fourth-order valence-electron chi connectivity index (χ4n) is 3.77. The Balaban J connectivity index is 1.32. The summed E-state index contributed by atoms with van der Waals surface area (Å²) in [6.07, 6.45) is 6.95. The van der Waals surface area contributed by atoms with E-state index in [0.29, 0.717) is 42.5 Å². The average molecular weight is 487 g/mol. The van der Waals surface area contributed by atoms with E-state index in [0.717, 1.165) is 29.8 Å². The van der Waals surface area contributed by atoms with Crippen molar-refractivity contribution in [3.05, 3.63) is 90.5 Å². The van der Waals surface area contributed by atoms with Crippen LogP contribution in [0.4, 0.5) is 0 Å². The van der Waals surface area contributed by atoms with Gasteiger partial charge in [-0.1, -0.05) is 24.3 Å². The molecule has 0 aliphatic heterocycles. The van der Waals surface area contributed by atoms with Gasteiger partial charge in [0.15, 0.2) is 11.5 Å². The highest BCUT2D eigenvalue weighted by Gasteiger charge is 2.09. The van der Waals surface area contributed by atoms with Gasteiger partial charge in [-0.2, -0.15) is 0 Å². The van der Waals surface area contributed by atoms with Crippen molar-refractivity contribution >= 4 is 5.91 Å². The van der Waals surface area contributed by atoms with Crippen LogP contribution in [0.25, 0.3) is 11.3 Å². The van der Waals surface area contributed by atoms with Gasteiger partial charge in [0.2, 0.25) is 5.88 Å². The Hall–Kier alpha value is -4.33. The normalized spacial score (nSPS) is 10.6. The number of amides is 1. The number of rotatable bonds is 12. The fourth-order valence-corrected chi connectivity index (χ4v) is 3.77. The van der Waals surface area contributed by atoms with E-state index >= 15 is 0 Å². The number of benzene rings is 2. The SMILES string of the molecule is COc1ccc(CCOc2cccc(-c3cccc(C(=O)NCCCn4ccnc4)c3)n2)cc1OC. The van der Waals surface area contributed by atoms with Crippen LogP contribution < -0.4 is 19.5 Å². The molecule has 0 spiro atoms. The van der Waals surface area contributed by atoms with Crippen molar-refractivity contribution in [2.24, 2.45) is 0 Å². The number of hydrogen-bond acceptors (Lipinski definition) is 6. The number of methoxy groups -OCH3 is 2. The Morgan fingerprint density at radius 1 is 1.00 bits per heavy atom. The molecule has 0 bridgehead atoms. The number of carbonyl (C=O) groups excluding carboxylic acids is 1. The number of nitrogens with zero attached hydrogens (tertiary/aromatic N) is 3. The zero-order valence-electron chi connectivity index (χ0n) is 20.5. The molecule has 4 aromatic rings. The largest absolute Gasteiger partial charge is 0.493 e. The second kappa shape index (κ2) is 12.4. The molecule has 1 N–H and O–H groups in total. The highest BCUT2D eigenvalue weighted by atomic mass is 16.5. The molecule has 0 saturated carbocycles. The highest BCUT2D eigenvalue weighted by molar-refractivity contribution is 5.95. The van der Waals surface area contributed by atoms with Crippen LogP contribution in [0.1, 0.15) is 22.3 Å². The molecule has 0 aliphatic rings. The van der Waals surface area contributed by atoms with Gasteiger partial charge in [-0.05, 0) is 42.3 Å². The van der Waals surface area contributed by atoms with Crippen molar-refractivity contribution in [1.29, 1.82) is 0 Å². The number of ether oxygens (including phenoxy) is 3. The second-order valence-corrected chi connectivity index (χ2v) is 8.14. The molecule has 2 aromatic carbocycles. The lowest BCUT2D eigenvalue weighted by atomic mass is 10.1. The van der Waals surface area contributed by atoms with Crippen LogP contribution in [0.3, 0.4) is 0 Å². The monoisotopic (exact) mass is 486 g/mol. The van der Waals surface area contributed by atoms with Crippen molar-refractivity contribution in [2.45, 2.75) is 19.4 Å². The molecular formula is C28H30N4O4. The van der Waals surface area contributed by atoms with Crippen molar-refractivity contribution in [3.8, 4) is 28.6 Å². The summed E-state index contributed by atoms with van der Waals surface area (Å²) >= 11 is 0. The number of aryl methyl sites for hydroxylation is 1. The molecule has 0 unspecified atom stereocenters. The number of carbonyl (C=O) groups is 1. The molecular weight excluding hydrogens is 456 g/mol. The van der Waals surface area contributed by atoms with Crippen LogP contribution in [0.5, 0.6) is 17.4 Å². The summed E-state index contributed by atoms with van der Waals surface area (Å²) in [5.74, 6) is 1.81. The first-order chi connectivity index (χ1) is 17.7. The maximum absolute atomic E-state index is 12.6. The predicted octanol–water partition coefficient (Wildman–Crippen LogP) is 4.40. The summed E-state index contributed by atoms with van der Waals surface area (Å²) in [5, 5.41) is 2.98. The van der Waals surface area contributed by atoms with E-state index in [-0.39, 0.29) is 5.91 Å². The first-order valence-electron chi connectivity index (χ1n) is 11.8.